The molecule has 0 amide bonds. The highest BCUT2D eigenvalue weighted by Crippen LogP contribution is 2.54. The van der Waals surface area contributed by atoms with Crippen molar-refractivity contribution in [2.75, 3.05) is 52.9 Å². The maximum Gasteiger partial charge on any atom is 0.385 e. The molecule has 10 nitrogen and oxygen atoms in total. The summed E-state index contributed by atoms with van der Waals surface area (Å²) in [5, 5.41) is 0. The van der Waals surface area contributed by atoms with Gasteiger partial charge in [0.15, 0.2) is 11.5 Å². The molecular formula is C32H46O10. The number of fused-ring (bicyclic) bond motifs is 4. The van der Waals surface area contributed by atoms with Crippen LogP contribution < -0.4 is 9.47 Å². The van der Waals surface area contributed by atoms with Crippen LogP contribution in [-0.4, -0.2) is 76.4 Å². The molecular weight excluding hydrogens is 544 g/mol. The maximum atomic E-state index is 7.02. The zero-order valence-corrected chi connectivity index (χ0v) is 25.2. The van der Waals surface area contributed by atoms with E-state index in [1.807, 2.05) is 6.92 Å². The van der Waals surface area contributed by atoms with Gasteiger partial charge in [0.2, 0.25) is 0 Å². The second kappa shape index (κ2) is 13.2. The Morgan fingerprint density at radius 1 is 0.667 bits per heavy atom. The summed E-state index contributed by atoms with van der Waals surface area (Å²) < 4.78 is 65.1. The Balaban J connectivity index is 1.79. The molecule has 0 saturated heterocycles. The van der Waals surface area contributed by atoms with Crippen molar-refractivity contribution in [3.05, 3.63) is 49.9 Å². The van der Waals surface area contributed by atoms with Crippen molar-refractivity contribution >= 4 is 0 Å². The van der Waals surface area contributed by atoms with Gasteiger partial charge in [-0.3, -0.25) is 0 Å². The van der Waals surface area contributed by atoms with E-state index in [4.69, 9.17) is 47.4 Å². The standard InChI is InChI=1S/C32H46O10/c1-7-17-29(33-9-3,34-10-4)31(35-11-5,36-12-6)41-27-25-15-20-38-30(18-8-2)32-39-21-14-24(23(25)13-19-37-30)26(16-22-40-32)28(27)42-32/h3-22H2,1-2H3. The highest BCUT2D eigenvalue weighted by atomic mass is 16.9. The highest BCUT2D eigenvalue weighted by Gasteiger charge is 2.64. The SMILES string of the molecule is [CH2]COC(CCC)(OC[CH2])C(OC[CH2])(OC[CH2])Oc1c2c3c4c5c1OC(OCC4)(OCC5)C(CCC)(OCC3)OCC2. The van der Waals surface area contributed by atoms with Crippen LogP contribution in [0.5, 0.6) is 11.5 Å². The lowest BCUT2D eigenvalue weighted by Gasteiger charge is -2.48. The molecule has 4 heterocycles. The van der Waals surface area contributed by atoms with E-state index in [2.05, 4.69) is 34.6 Å². The van der Waals surface area contributed by atoms with E-state index in [1.165, 1.54) is 5.56 Å². The zero-order chi connectivity index (χ0) is 29.8. The lowest BCUT2D eigenvalue weighted by atomic mass is 9.87. The third kappa shape index (κ3) is 5.15. The van der Waals surface area contributed by atoms with E-state index in [0.717, 1.165) is 23.1 Å². The van der Waals surface area contributed by atoms with Crippen LogP contribution in [0, 0.1) is 27.7 Å². The lowest BCUT2D eigenvalue weighted by Crippen LogP contribution is -2.65. The first-order valence-electron chi connectivity index (χ1n) is 15.3. The van der Waals surface area contributed by atoms with Crippen molar-refractivity contribution in [1.29, 1.82) is 0 Å². The second-order valence-electron chi connectivity index (χ2n) is 10.7. The first-order chi connectivity index (χ1) is 20.4. The average molecular weight is 591 g/mol. The molecule has 0 N–H and O–H groups in total. The van der Waals surface area contributed by atoms with Crippen molar-refractivity contribution in [2.45, 2.75) is 88.7 Å². The van der Waals surface area contributed by atoms with Gasteiger partial charge in [0.25, 0.3) is 11.6 Å². The van der Waals surface area contributed by atoms with Gasteiger partial charge in [-0.2, -0.15) is 0 Å². The van der Waals surface area contributed by atoms with Crippen molar-refractivity contribution in [3.63, 3.8) is 0 Å². The second-order valence-corrected chi connectivity index (χ2v) is 10.7. The van der Waals surface area contributed by atoms with Crippen molar-refractivity contribution in [3.8, 4) is 11.5 Å². The minimum atomic E-state index is -1.93. The molecule has 1 aromatic carbocycles. The fourth-order valence-corrected chi connectivity index (χ4v) is 6.83. The van der Waals surface area contributed by atoms with E-state index in [-0.39, 0.29) is 26.4 Å². The molecule has 0 spiro atoms. The molecule has 234 valence electrons. The summed E-state index contributed by atoms with van der Waals surface area (Å²) in [6.07, 6.45) is 4.77. The molecule has 0 aliphatic carbocycles. The van der Waals surface area contributed by atoms with Gasteiger partial charge in [0.05, 0.1) is 52.9 Å². The number of rotatable bonds is 15. The normalized spacial score (nSPS) is 25.3. The largest absolute Gasteiger partial charge is 0.431 e. The summed E-state index contributed by atoms with van der Waals surface area (Å²) in [7, 11) is 0. The van der Waals surface area contributed by atoms with Crippen molar-refractivity contribution < 1.29 is 47.4 Å². The number of ether oxygens (including phenoxy) is 10. The van der Waals surface area contributed by atoms with Gasteiger partial charge in [-0.15, -0.1) is 0 Å². The molecule has 10 heteroatoms. The summed E-state index contributed by atoms with van der Waals surface area (Å²) in [6, 6.07) is 0. The quantitative estimate of drug-likeness (QED) is 0.273. The van der Waals surface area contributed by atoms with Crippen molar-refractivity contribution in [2.24, 2.45) is 0 Å². The van der Waals surface area contributed by atoms with Crippen LogP contribution in [0.3, 0.4) is 0 Å². The van der Waals surface area contributed by atoms with Gasteiger partial charge in [-0.05, 0) is 58.1 Å². The van der Waals surface area contributed by atoms with Crippen LogP contribution in [0.1, 0.15) is 61.8 Å². The fraction of sp³-hybridized carbons (Fsp3) is 0.688. The zero-order valence-electron chi connectivity index (χ0n) is 25.2. The molecule has 4 radical (unpaired) electrons. The lowest BCUT2D eigenvalue weighted by molar-refractivity contribution is -0.478. The molecule has 2 unspecified atom stereocenters. The van der Waals surface area contributed by atoms with Crippen LogP contribution in [-0.2, 0) is 63.6 Å². The van der Waals surface area contributed by atoms with Gasteiger partial charge < -0.3 is 47.4 Å². The number of hydrogen-bond acceptors (Lipinski definition) is 10. The highest BCUT2D eigenvalue weighted by molar-refractivity contribution is 5.61. The summed E-state index contributed by atoms with van der Waals surface area (Å²) >= 11 is 0. The van der Waals surface area contributed by atoms with Gasteiger partial charge in [0.1, 0.15) is 0 Å². The van der Waals surface area contributed by atoms with E-state index in [9.17, 15) is 0 Å². The van der Waals surface area contributed by atoms with E-state index in [0.29, 0.717) is 82.9 Å². The topological polar surface area (TPSA) is 92.3 Å². The van der Waals surface area contributed by atoms with Crippen LogP contribution in [0.25, 0.3) is 0 Å². The third-order valence-corrected chi connectivity index (χ3v) is 8.33. The Labute approximate surface area is 250 Å². The summed E-state index contributed by atoms with van der Waals surface area (Å²) in [5.41, 5.74) is 4.24. The molecule has 4 aliphatic heterocycles. The van der Waals surface area contributed by atoms with Crippen LogP contribution in [0.4, 0.5) is 0 Å². The van der Waals surface area contributed by atoms with Gasteiger partial charge in [0, 0.05) is 30.4 Å². The van der Waals surface area contributed by atoms with Crippen molar-refractivity contribution in [1.82, 2.24) is 0 Å². The van der Waals surface area contributed by atoms with E-state index in [1.54, 1.807) is 0 Å². The van der Waals surface area contributed by atoms with Gasteiger partial charge >= 0.3 is 11.9 Å². The number of hydrogen-bond donors (Lipinski definition) is 0. The summed E-state index contributed by atoms with van der Waals surface area (Å²) in [4.78, 5) is 0. The molecule has 5 rings (SSSR count). The van der Waals surface area contributed by atoms with Gasteiger partial charge in [-0.25, -0.2) is 0 Å². The molecule has 4 aliphatic rings. The first-order valence-corrected chi connectivity index (χ1v) is 15.3. The average Bonchev–Trinajstić information content (AvgIpc) is 3.01. The molecule has 0 aromatic heterocycles. The monoisotopic (exact) mass is 590 g/mol. The Kier molecular flexibility index (Phi) is 10.1. The molecule has 1 aromatic rings. The van der Waals surface area contributed by atoms with Crippen LogP contribution in [0.2, 0.25) is 0 Å². The number of benzene rings is 1. The van der Waals surface area contributed by atoms with Gasteiger partial charge in [-0.1, -0.05) is 26.7 Å². The Morgan fingerprint density at radius 2 is 1.19 bits per heavy atom. The third-order valence-electron chi connectivity index (χ3n) is 8.33. The Morgan fingerprint density at radius 3 is 1.74 bits per heavy atom. The minimum Gasteiger partial charge on any atom is -0.431 e. The van der Waals surface area contributed by atoms with Crippen LogP contribution >= 0.6 is 0 Å². The summed E-state index contributed by atoms with van der Waals surface area (Å²) in [5.74, 6) is -5.46. The summed E-state index contributed by atoms with van der Waals surface area (Å²) in [6.45, 7) is 21.4. The van der Waals surface area contributed by atoms with Crippen LogP contribution in [0.15, 0.2) is 0 Å². The Hall–Kier alpha value is -1.50. The molecule has 2 atom stereocenters. The predicted molar refractivity (Wildman–Crippen MR) is 152 cm³/mol. The molecule has 0 saturated carbocycles. The molecule has 6 bridgehead atoms. The van der Waals surface area contributed by atoms with E-state index >= 15 is 0 Å². The smallest absolute Gasteiger partial charge is 0.385 e. The first kappa shape index (κ1) is 31.9. The Bertz CT molecular complexity index is 1050. The minimum absolute atomic E-state index is 0.0114. The fourth-order valence-electron chi connectivity index (χ4n) is 6.83. The molecule has 0 fully saturated rings. The van der Waals surface area contributed by atoms with E-state index < -0.39 is 23.5 Å². The molecule has 42 heavy (non-hydrogen) atoms. The predicted octanol–water partition coefficient (Wildman–Crippen LogP) is 4.44. The maximum absolute atomic E-state index is 7.02.